The highest BCUT2D eigenvalue weighted by molar-refractivity contribution is 5.82. The topological polar surface area (TPSA) is 56.4 Å². The fourth-order valence-electron chi connectivity index (χ4n) is 2.20. The first-order chi connectivity index (χ1) is 7.16. The monoisotopic (exact) mass is 210 g/mol. The van der Waals surface area contributed by atoms with Crippen LogP contribution in [0.3, 0.4) is 0 Å². The maximum Gasteiger partial charge on any atom is 0.108 e. The van der Waals surface area contributed by atoms with E-state index >= 15 is 0 Å². The van der Waals surface area contributed by atoms with Crippen LogP contribution in [0.5, 0.6) is 0 Å². The van der Waals surface area contributed by atoms with E-state index in [1.54, 1.807) is 0 Å². The van der Waals surface area contributed by atoms with Crippen molar-refractivity contribution in [1.29, 1.82) is 5.41 Å². The molecule has 0 aromatic heterocycles. The van der Waals surface area contributed by atoms with E-state index in [0.29, 0.717) is 5.84 Å². The number of nitrogens with zero attached hydrogens (tertiary/aromatic N) is 2. The summed E-state index contributed by atoms with van der Waals surface area (Å²) in [5, 5.41) is 7.43. The van der Waals surface area contributed by atoms with Gasteiger partial charge in [-0.1, -0.05) is 0 Å². The lowest BCUT2D eigenvalue weighted by Gasteiger charge is -2.37. The second-order valence-electron chi connectivity index (χ2n) is 4.91. The molecule has 0 spiro atoms. The molecule has 4 heteroatoms. The van der Waals surface area contributed by atoms with Gasteiger partial charge in [0, 0.05) is 32.7 Å². The summed E-state index contributed by atoms with van der Waals surface area (Å²) >= 11 is 0. The molecular formula is C11H22N4. The standard InChI is InChI=1S/C11H22N4/c1-9(11(12)13)15-6-4-14(5-7-15)8-10-2-3-10/h9-10H,2-8H2,1H3,(H3,12,13). The molecule has 1 unspecified atom stereocenters. The number of rotatable bonds is 4. The van der Waals surface area contributed by atoms with Gasteiger partial charge in [0.05, 0.1) is 6.04 Å². The first kappa shape index (κ1) is 10.9. The molecule has 15 heavy (non-hydrogen) atoms. The summed E-state index contributed by atoms with van der Waals surface area (Å²) in [5.41, 5.74) is 5.52. The summed E-state index contributed by atoms with van der Waals surface area (Å²) in [7, 11) is 0. The highest BCUT2D eigenvalue weighted by Gasteiger charge is 2.27. The molecule has 0 aromatic rings. The minimum Gasteiger partial charge on any atom is -0.386 e. The largest absolute Gasteiger partial charge is 0.386 e. The summed E-state index contributed by atoms with van der Waals surface area (Å²) in [6.45, 7) is 7.74. The third-order valence-corrected chi connectivity index (χ3v) is 3.62. The van der Waals surface area contributed by atoms with Crippen LogP contribution in [0.4, 0.5) is 0 Å². The van der Waals surface area contributed by atoms with E-state index in [2.05, 4.69) is 9.80 Å². The Balaban J connectivity index is 1.73. The van der Waals surface area contributed by atoms with Gasteiger partial charge in [0.1, 0.15) is 5.84 Å². The Labute approximate surface area is 91.9 Å². The molecule has 0 radical (unpaired) electrons. The zero-order chi connectivity index (χ0) is 10.8. The van der Waals surface area contributed by atoms with E-state index in [1.807, 2.05) is 6.92 Å². The lowest BCUT2D eigenvalue weighted by atomic mass is 10.2. The summed E-state index contributed by atoms with van der Waals surface area (Å²) in [5.74, 6) is 1.28. The van der Waals surface area contributed by atoms with Crippen LogP contribution >= 0.6 is 0 Å². The van der Waals surface area contributed by atoms with Gasteiger partial charge in [0.25, 0.3) is 0 Å². The van der Waals surface area contributed by atoms with Gasteiger partial charge >= 0.3 is 0 Å². The molecule has 1 aliphatic carbocycles. The molecule has 1 aliphatic heterocycles. The molecule has 86 valence electrons. The van der Waals surface area contributed by atoms with E-state index in [4.69, 9.17) is 11.1 Å². The number of amidine groups is 1. The van der Waals surface area contributed by atoms with Crippen molar-refractivity contribution in [2.75, 3.05) is 32.7 Å². The van der Waals surface area contributed by atoms with Crippen molar-refractivity contribution >= 4 is 5.84 Å². The summed E-state index contributed by atoms with van der Waals surface area (Å²) < 4.78 is 0. The van der Waals surface area contributed by atoms with E-state index in [1.165, 1.54) is 19.4 Å². The quantitative estimate of drug-likeness (QED) is 0.519. The molecule has 1 saturated heterocycles. The predicted octanol–water partition coefficient (Wildman–Crippen LogP) is 0.338. The zero-order valence-electron chi connectivity index (χ0n) is 9.58. The minimum atomic E-state index is 0.119. The minimum absolute atomic E-state index is 0.119. The first-order valence-electron chi connectivity index (χ1n) is 5.97. The maximum atomic E-state index is 7.43. The van der Waals surface area contributed by atoms with Crippen molar-refractivity contribution in [3.63, 3.8) is 0 Å². The van der Waals surface area contributed by atoms with Crippen molar-refractivity contribution in [3.05, 3.63) is 0 Å². The van der Waals surface area contributed by atoms with Gasteiger partial charge in [-0.2, -0.15) is 0 Å². The van der Waals surface area contributed by atoms with Crippen LogP contribution in [-0.2, 0) is 0 Å². The van der Waals surface area contributed by atoms with Crippen LogP contribution < -0.4 is 5.73 Å². The third-order valence-electron chi connectivity index (χ3n) is 3.62. The molecule has 1 saturated carbocycles. The second kappa shape index (κ2) is 4.49. The Hall–Kier alpha value is -0.610. The molecule has 0 aromatic carbocycles. The van der Waals surface area contributed by atoms with Gasteiger partial charge < -0.3 is 10.6 Å². The molecule has 3 N–H and O–H groups in total. The number of piperazine rings is 1. The van der Waals surface area contributed by atoms with Crippen LogP contribution in [0.15, 0.2) is 0 Å². The predicted molar refractivity (Wildman–Crippen MR) is 62.1 cm³/mol. The number of nitrogens with one attached hydrogen (secondary N) is 1. The van der Waals surface area contributed by atoms with Crippen LogP contribution in [0.25, 0.3) is 0 Å². The van der Waals surface area contributed by atoms with E-state index < -0.39 is 0 Å². The van der Waals surface area contributed by atoms with Gasteiger partial charge in [-0.3, -0.25) is 10.3 Å². The van der Waals surface area contributed by atoms with Gasteiger partial charge in [-0.15, -0.1) is 0 Å². The summed E-state index contributed by atoms with van der Waals surface area (Å²) in [6.07, 6.45) is 2.87. The van der Waals surface area contributed by atoms with Crippen molar-refractivity contribution < 1.29 is 0 Å². The van der Waals surface area contributed by atoms with Crippen molar-refractivity contribution in [2.45, 2.75) is 25.8 Å². The summed E-state index contributed by atoms with van der Waals surface area (Å²) in [4.78, 5) is 4.87. The highest BCUT2D eigenvalue weighted by Crippen LogP contribution is 2.29. The Morgan fingerprint density at radius 1 is 1.33 bits per heavy atom. The average Bonchev–Trinajstić information content (AvgIpc) is 3.02. The van der Waals surface area contributed by atoms with E-state index in [9.17, 15) is 0 Å². The average molecular weight is 210 g/mol. The fraction of sp³-hybridized carbons (Fsp3) is 0.909. The normalized spacial score (nSPS) is 26.5. The van der Waals surface area contributed by atoms with Gasteiger partial charge in [-0.05, 0) is 25.7 Å². The molecule has 4 nitrogen and oxygen atoms in total. The SMILES string of the molecule is CC(C(=N)N)N1CCN(CC2CC2)CC1. The molecule has 1 atom stereocenters. The molecular weight excluding hydrogens is 188 g/mol. The molecule has 0 amide bonds. The molecule has 2 aliphatic rings. The van der Waals surface area contributed by atoms with Gasteiger partial charge in [0.2, 0.25) is 0 Å². The first-order valence-corrected chi connectivity index (χ1v) is 5.97. The Kier molecular flexibility index (Phi) is 3.26. The molecule has 2 fully saturated rings. The van der Waals surface area contributed by atoms with Crippen LogP contribution in [0.1, 0.15) is 19.8 Å². The zero-order valence-corrected chi connectivity index (χ0v) is 9.58. The molecule has 2 rings (SSSR count). The van der Waals surface area contributed by atoms with E-state index in [-0.39, 0.29) is 6.04 Å². The lowest BCUT2D eigenvalue weighted by molar-refractivity contribution is 0.118. The third kappa shape index (κ3) is 2.92. The lowest BCUT2D eigenvalue weighted by Crippen LogP contribution is -2.53. The maximum absolute atomic E-state index is 7.43. The summed E-state index contributed by atoms with van der Waals surface area (Å²) in [6, 6.07) is 0.119. The second-order valence-corrected chi connectivity index (χ2v) is 4.91. The number of hydrogen-bond acceptors (Lipinski definition) is 3. The molecule has 0 bridgehead atoms. The number of nitrogens with two attached hydrogens (primary N) is 1. The van der Waals surface area contributed by atoms with Crippen molar-refractivity contribution in [2.24, 2.45) is 11.7 Å². The number of hydrogen-bond donors (Lipinski definition) is 2. The Morgan fingerprint density at radius 3 is 2.40 bits per heavy atom. The fourth-order valence-corrected chi connectivity index (χ4v) is 2.20. The van der Waals surface area contributed by atoms with Crippen molar-refractivity contribution in [3.8, 4) is 0 Å². The Morgan fingerprint density at radius 2 is 1.93 bits per heavy atom. The van der Waals surface area contributed by atoms with Crippen LogP contribution in [0, 0.1) is 11.3 Å². The molecule has 1 heterocycles. The van der Waals surface area contributed by atoms with Crippen molar-refractivity contribution in [1.82, 2.24) is 9.80 Å². The smallest absolute Gasteiger partial charge is 0.108 e. The van der Waals surface area contributed by atoms with Gasteiger partial charge in [0.15, 0.2) is 0 Å². The Bertz CT molecular complexity index is 229. The van der Waals surface area contributed by atoms with E-state index in [0.717, 1.165) is 32.1 Å². The highest BCUT2D eigenvalue weighted by atomic mass is 15.3. The van der Waals surface area contributed by atoms with Crippen LogP contribution in [0.2, 0.25) is 0 Å². The van der Waals surface area contributed by atoms with Crippen LogP contribution in [-0.4, -0.2) is 54.4 Å². The van der Waals surface area contributed by atoms with Gasteiger partial charge in [-0.25, -0.2) is 0 Å².